The molecule has 324 valence electrons. The van der Waals surface area contributed by atoms with Crippen molar-refractivity contribution in [3.63, 3.8) is 0 Å². The molecule has 5 heteroatoms. The third-order valence-electron chi connectivity index (χ3n) is 13.9. The molecule has 0 spiro atoms. The maximum Gasteiger partial charge on any atom is 0.217 e. The summed E-state index contributed by atoms with van der Waals surface area (Å²) in [6.45, 7) is 22.8. The van der Waals surface area contributed by atoms with E-state index in [0.717, 1.165) is 45.4 Å². The van der Waals surface area contributed by atoms with Gasteiger partial charge in [-0.05, 0) is 130 Å². The van der Waals surface area contributed by atoms with Crippen molar-refractivity contribution in [2.75, 3.05) is 4.90 Å². The first-order chi connectivity index (χ1) is 30.2. The lowest BCUT2D eigenvalue weighted by Crippen LogP contribution is -2.32. The Morgan fingerprint density at radius 2 is 1.41 bits per heavy atom. The molecule has 1 aromatic heterocycles. The second-order valence-corrected chi connectivity index (χ2v) is 20.6. The van der Waals surface area contributed by atoms with Crippen LogP contribution in [0.25, 0.3) is 11.1 Å². The number of aliphatic imine (C=N–C) groups is 1. The molecule has 0 bridgehead atoms. The predicted octanol–water partition coefficient (Wildman–Crippen LogP) is 16.0. The van der Waals surface area contributed by atoms with Crippen LogP contribution < -0.4 is 9.64 Å². The minimum Gasteiger partial charge on any atom is -0.467 e. The van der Waals surface area contributed by atoms with Gasteiger partial charge >= 0.3 is 0 Å². The molecule has 5 nitrogen and oxygen atoms in total. The maximum atomic E-state index is 7.13. The van der Waals surface area contributed by atoms with E-state index in [9.17, 15) is 0 Å². The second kappa shape index (κ2) is 16.8. The summed E-state index contributed by atoms with van der Waals surface area (Å²) in [7, 11) is 0. The van der Waals surface area contributed by atoms with Crippen LogP contribution in [0.1, 0.15) is 157 Å². The normalized spacial score (nSPS) is 18.5. The van der Waals surface area contributed by atoms with E-state index in [4.69, 9.17) is 19.5 Å². The topological polar surface area (TPSA) is 47.0 Å². The van der Waals surface area contributed by atoms with Crippen LogP contribution in [-0.4, -0.2) is 16.9 Å². The molecule has 0 radical (unpaired) electrons. The molecule has 0 N–H and O–H groups in total. The van der Waals surface area contributed by atoms with E-state index < -0.39 is 0 Å². The molecule has 0 saturated heterocycles. The van der Waals surface area contributed by atoms with Crippen molar-refractivity contribution >= 4 is 23.1 Å². The van der Waals surface area contributed by atoms with E-state index in [1.807, 2.05) is 6.20 Å². The first-order valence-electron chi connectivity index (χ1n) is 23.5. The Morgan fingerprint density at radius 3 is 2.11 bits per heavy atom. The summed E-state index contributed by atoms with van der Waals surface area (Å²) < 4.78 is 14.2. The summed E-state index contributed by atoms with van der Waals surface area (Å²) in [6.07, 6.45) is 7.97. The molecule has 3 heterocycles. The third-order valence-corrected chi connectivity index (χ3v) is 13.9. The molecule has 6 aromatic rings. The van der Waals surface area contributed by atoms with E-state index in [0.29, 0.717) is 23.7 Å². The Kier molecular flexibility index (Phi) is 11.4. The van der Waals surface area contributed by atoms with Crippen LogP contribution >= 0.6 is 0 Å². The number of aryl methyl sites for hydroxylation is 1. The lowest BCUT2D eigenvalue weighted by atomic mass is 9.72. The van der Waals surface area contributed by atoms with Gasteiger partial charge in [0.1, 0.15) is 23.4 Å². The predicted molar refractivity (Wildman–Crippen MR) is 262 cm³/mol. The number of pyridine rings is 1. The van der Waals surface area contributed by atoms with Crippen molar-refractivity contribution in [2.24, 2.45) is 10.9 Å². The van der Waals surface area contributed by atoms with E-state index in [1.165, 1.54) is 71.0 Å². The molecule has 0 unspecified atom stereocenters. The van der Waals surface area contributed by atoms with Gasteiger partial charge in [-0.25, -0.2) is 9.98 Å². The van der Waals surface area contributed by atoms with Gasteiger partial charge in [-0.15, -0.1) is 0 Å². The van der Waals surface area contributed by atoms with E-state index in [-0.39, 0.29) is 23.0 Å². The highest BCUT2D eigenvalue weighted by atomic mass is 16.5. The number of hydrogen-bond donors (Lipinski definition) is 0. The average Bonchev–Trinajstić information content (AvgIpc) is 3.72. The quantitative estimate of drug-likeness (QED) is 0.146. The first kappa shape index (κ1) is 42.6. The lowest BCUT2D eigenvalue weighted by molar-refractivity contribution is 0.150. The second-order valence-electron chi connectivity index (χ2n) is 20.6. The highest BCUT2D eigenvalue weighted by Crippen LogP contribution is 2.52. The average molecular weight is 836 g/mol. The molecule has 63 heavy (non-hydrogen) atoms. The number of nitrogens with zero attached hydrogens (tertiary/aromatic N) is 3. The van der Waals surface area contributed by atoms with Gasteiger partial charge in [-0.1, -0.05) is 148 Å². The van der Waals surface area contributed by atoms with Crippen molar-refractivity contribution in [1.82, 2.24) is 4.98 Å². The van der Waals surface area contributed by atoms with Gasteiger partial charge in [0.05, 0.1) is 17.4 Å². The molecule has 1 fully saturated rings. The standard InChI is InChI=1S/C58H65N3O2/c1-36(2)47-23-17-24-48(37(3)4)52(47)41-31-42(56-60-53(39-19-13-11-14-20-39)54(63-56)40-21-15-12-16-22-40)33-46(32-41)62-45-30-38(5)29-44(35-45)61-51-27-26-43(57(6,7)8)34-50(51)58(9,10)49-25-18-28-59-55(49)61/h12,15-18,21-37,39,53-54H,11,13-14,19-20H2,1-10H3/t53-,54-/m1/s1. The molecule has 9 rings (SSSR count). The number of aromatic nitrogens is 1. The van der Waals surface area contributed by atoms with Crippen molar-refractivity contribution in [3.8, 4) is 22.6 Å². The van der Waals surface area contributed by atoms with Gasteiger partial charge in [0.2, 0.25) is 5.90 Å². The molecule has 0 amide bonds. The minimum atomic E-state index is -0.238. The molecule has 2 aliphatic heterocycles. The number of anilines is 3. The SMILES string of the molecule is Cc1cc(Oc2cc(C3=N[C@H](C4CCCCC4)[C@@H](c4ccccc4)O3)cc(-c3c(C(C)C)cccc3C(C)C)c2)cc(N2c3ccc(C(C)(C)C)cc3C(C)(C)c3cccnc32)c1. The highest BCUT2D eigenvalue weighted by Gasteiger charge is 2.40. The Balaban J connectivity index is 1.18. The van der Waals surface area contributed by atoms with Crippen LogP contribution in [0.15, 0.2) is 126 Å². The van der Waals surface area contributed by atoms with Gasteiger partial charge in [-0.2, -0.15) is 0 Å². The summed E-state index contributed by atoms with van der Waals surface area (Å²) in [5.41, 5.74) is 14.0. The Bertz CT molecular complexity index is 2640. The van der Waals surface area contributed by atoms with Crippen molar-refractivity contribution in [1.29, 1.82) is 0 Å². The summed E-state index contributed by atoms with van der Waals surface area (Å²) in [5, 5.41) is 0. The van der Waals surface area contributed by atoms with E-state index in [1.54, 1.807) is 0 Å². The van der Waals surface area contributed by atoms with Crippen molar-refractivity contribution in [2.45, 2.75) is 136 Å². The number of benzene rings is 5. The van der Waals surface area contributed by atoms with Crippen LogP contribution in [0.4, 0.5) is 17.2 Å². The van der Waals surface area contributed by atoms with Gasteiger partial charge in [0.15, 0.2) is 0 Å². The van der Waals surface area contributed by atoms with Gasteiger partial charge in [0, 0.05) is 28.8 Å². The van der Waals surface area contributed by atoms with Crippen molar-refractivity contribution in [3.05, 3.63) is 166 Å². The summed E-state index contributed by atoms with van der Waals surface area (Å²) in [6, 6.07) is 42.1. The fraction of sp³-hybridized carbons (Fsp3) is 0.379. The van der Waals surface area contributed by atoms with Crippen LogP contribution in [0.5, 0.6) is 11.5 Å². The first-order valence-corrected chi connectivity index (χ1v) is 23.5. The number of rotatable bonds is 9. The van der Waals surface area contributed by atoms with Crippen LogP contribution in [0.3, 0.4) is 0 Å². The van der Waals surface area contributed by atoms with Gasteiger partial charge in [-0.3, -0.25) is 4.90 Å². The number of ether oxygens (including phenoxy) is 2. The Morgan fingerprint density at radius 1 is 0.714 bits per heavy atom. The largest absolute Gasteiger partial charge is 0.467 e. The molecule has 1 saturated carbocycles. The van der Waals surface area contributed by atoms with Gasteiger partial charge < -0.3 is 9.47 Å². The molecule has 1 aliphatic carbocycles. The monoisotopic (exact) mass is 836 g/mol. The highest BCUT2D eigenvalue weighted by molar-refractivity contribution is 5.98. The minimum absolute atomic E-state index is 0.0167. The zero-order chi connectivity index (χ0) is 44.2. The van der Waals surface area contributed by atoms with Crippen LogP contribution in [0, 0.1) is 12.8 Å². The molecule has 5 aromatic carbocycles. The summed E-state index contributed by atoms with van der Waals surface area (Å²) in [5.74, 6) is 4.32. The lowest BCUT2D eigenvalue weighted by Gasteiger charge is -2.41. The zero-order valence-electron chi connectivity index (χ0n) is 39.1. The van der Waals surface area contributed by atoms with Crippen molar-refractivity contribution < 1.29 is 9.47 Å². The summed E-state index contributed by atoms with van der Waals surface area (Å²) in [4.78, 5) is 12.9. The fourth-order valence-corrected chi connectivity index (χ4v) is 10.4. The number of fused-ring (bicyclic) bond motifs is 2. The maximum absolute atomic E-state index is 7.13. The van der Waals surface area contributed by atoms with Gasteiger partial charge in [0.25, 0.3) is 0 Å². The molecular weight excluding hydrogens is 771 g/mol. The van der Waals surface area contributed by atoms with E-state index in [2.05, 4.69) is 189 Å². The Hall–Kier alpha value is -5.68. The summed E-state index contributed by atoms with van der Waals surface area (Å²) >= 11 is 0. The zero-order valence-corrected chi connectivity index (χ0v) is 39.1. The third kappa shape index (κ3) is 8.20. The molecule has 3 aliphatic rings. The fourth-order valence-electron chi connectivity index (χ4n) is 10.4. The van der Waals surface area contributed by atoms with Crippen LogP contribution in [0.2, 0.25) is 0 Å². The van der Waals surface area contributed by atoms with Crippen LogP contribution in [-0.2, 0) is 15.6 Å². The molecular formula is C58H65N3O2. The number of hydrogen-bond acceptors (Lipinski definition) is 5. The Labute approximate surface area is 376 Å². The smallest absolute Gasteiger partial charge is 0.217 e. The molecule has 2 atom stereocenters. The van der Waals surface area contributed by atoms with E-state index >= 15 is 0 Å².